The number of carbonyl (C=O) groups is 1. The van der Waals surface area contributed by atoms with Crippen LogP contribution < -0.4 is 10.2 Å². The SMILES string of the molecule is O=C(Nc1ccc(N2CCCCC2)cc1)C1CCCN(S(=O)(=O)Cc2c(Cl)cccc2Cl)C1. The Labute approximate surface area is 205 Å². The smallest absolute Gasteiger partial charge is 0.228 e. The van der Waals surface area contributed by atoms with Crippen molar-refractivity contribution in [1.29, 1.82) is 0 Å². The van der Waals surface area contributed by atoms with Gasteiger partial charge in [0.25, 0.3) is 0 Å². The van der Waals surface area contributed by atoms with E-state index in [-0.39, 0.29) is 18.2 Å². The van der Waals surface area contributed by atoms with Crippen molar-refractivity contribution in [2.45, 2.75) is 37.9 Å². The van der Waals surface area contributed by atoms with Crippen LogP contribution in [0.3, 0.4) is 0 Å². The summed E-state index contributed by atoms with van der Waals surface area (Å²) < 4.78 is 27.5. The van der Waals surface area contributed by atoms with Gasteiger partial charge in [-0.1, -0.05) is 29.3 Å². The minimum absolute atomic E-state index is 0.155. The number of nitrogens with zero attached hydrogens (tertiary/aromatic N) is 2. The van der Waals surface area contributed by atoms with E-state index in [4.69, 9.17) is 23.2 Å². The Kier molecular flexibility index (Phi) is 7.84. The number of sulfonamides is 1. The molecule has 2 heterocycles. The zero-order valence-electron chi connectivity index (χ0n) is 18.5. The molecule has 2 aromatic rings. The van der Waals surface area contributed by atoms with E-state index in [2.05, 4.69) is 10.2 Å². The van der Waals surface area contributed by atoms with E-state index in [1.165, 1.54) is 29.3 Å². The van der Waals surface area contributed by atoms with E-state index in [0.717, 1.165) is 18.8 Å². The average molecular weight is 510 g/mol. The summed E-state index contributed by atoms with van der Waals surface area (Å²) in [4.78, 5) is 15.3. The molecule has 9 heteroatoms. The standard InChI is InChI=1S/C24H29Cl2N3O3S/c25-22-7-4-8-23(26)21(22)17-33(31,32)29-15-5-6-18(16-29)24(30)27-19-9-11-20(12-10-19)28-13-2-1-3-14-28/h4,7-12,18H,1-3,5-6,13-17H2,(H,27,30). The molecule has 178 valence electrons. The summed E-state index contributed by atoms with van der Waals surface area (Å²) in [7, 11) is -3.66. The van der Waals surface area contributed by atoms with Gasteiger partial charge in [-0.25, -0.2) is 12.7 Å². The van der Waals surface area contributed by atoms with Crippen molar-refractivity contribution in [2.75, 3.05) is 36.4 Å². The highest BCUT2D eigenvalue weighted by atomic mass is 35.5. The highest BCUT2D eigenvalue weighted by Crippen LogP contribution is 2.29. The molecule has 2 aromatic carbocycles. The van der Waals surface area contributed by atoms with Gasteiger partial charge in [0.05, 0.1) is 11.7 Å². The Bertz CT molecular complexity index is 1070. The molecule has 0 aromatic heterocycles. The van der Waals surface area contributed by atoms with Crippen molar-refractivity contribution in [2.24, 2.45) is 5.92 Å². The average Bonchev–Trinajstić information content (AvgIpc) is 2.83. The molecule has 4 rings (SSSR count). The van der Waals surface area contributed by atoms with Crippen LogP contribution in [0.25, 0.3) is 0 Å². The van der Waals surface area contributed by atoms with Crippen LogP contribution in [0.4, 0.5) is 11.4 Å². The van der Waals surface area contributed by atoms with Gasteiger partial charge < -0.3 is 10.2 Å². The largest absolute Gasteiger partial charge is 0.372 e. The maximum absolute atomic E-state index is 13.0. The third-order valence-corrected chi connectivity index (χ3v) is 8.87. The third kappa shape index (κ3) is 6.01. The second kappa shape index (κ2) is 10.6. The number of rotatable bonds is 6. The van der Waals surface area contributed by atoms with E-state index in [1.54, 1.807) is 18.2 Å². The summed E-state index contributed by atoms with van der Waals surface area (Å²) in [6.07, 6.45) is 4.98. The van der Waals surface area contributed by atoms with Crippen LogP contribution in [0.2, 0.25) is 10.0 Å². The van der Waals surface area contributed by atoms with E-state index in [0.29, 0.717) is 35.0 Å². The van der Waals surface area contributed by atoms with Gasteiger partial charge in [0.15, 0.2) is 0 Å². The minimum atomic E-state index is -3.66. The van der Waals surface area contributed by atoms with Gasteiger partial charge in [0.2, 0.25) is 15.9 Å². The number of nitrogens with one attached hydrogen (secondary N) is 1. The molecule has 1 amide bonds. The number of hydrogen-bond donors (Lipinski definition) is 1. The van der Waals surface area contributed by atoms with Crippen LogP contribution in [-0.4, -0.2) is 44.8 Å². The van der Waals surface area contributed by atoms with Crippen molar-refractivity contribution >= 4 is 50.5 Å². The lowest BCUT2D eigenvalue weighted by molar-refractivity contribution is -0.120. The molecular weight excluding hydrogens is 481 g/mol. The molecule has 0 saturated carbocycles. The first kappa shape index (κ1) is 24.3. The highest BCUT2D eigenvalue weighted by Gasteiger charge is 2.33. The Balaban J connectivity index is 1.38. The number of hydrogen-bond acceptors (Lipinski definition) is 4. The van der Waals surface area contributed by atoms with Crippen LogP contribution in [0.5, 0.6) is 0 Å². The van der Waals surface area contributed by atoms with Crippen molar-refractivity contribution in [1.82, 2.24) is 4.31 Å². The zero-order chi connectivity index (χ0) is 23.4. The number of piperidine rings is 2. The summed E-state index contributed by atoms with van der Waals surface area (Å²) in [5.74, 6) is -0.842. The lowest BCUT2D eigenvalue weighted by Crippen LogP contribution is -2.44. The lowest BCUT2D eigenvalue weighted by atomic mass is 9.98. The first-order chi connectivity index (χ1) is 15.8. The monoisotopic (exact) mass is 509 g/mol. The molecule has 0 bridgehead atoms. The molecule has 1 atom stereocenters. The molecule has 0 spiro atoms. The topological polar surface area (TPSA) is 69.7 Å². The molecular formula is C24H29Cl2N3O3S. The van der Waals surface area contributed by atoms with Crippen molar-refractivity contribution in [3.05, 3.63) is 58.1 Å². The summed E-state index contributed by atoms with van der Waals surface area (Å²) in [5, 5.41) is 3.61. The fraction of sp³-hybridized carbons (Fsp3) is 0.458. The van der Waals surface area contributed by atoms with Gasteiger partial charge in [-0.05, 0) is 68.5 Å². The van der Waals surface area contributed by atoms with Crippen LogP contribution in [0.1, 0.15) is 37.7 Å². The van der Waals surface area contributed by atoms with Crippen LogP contribution in [0.15, 0.2) is 42.5 Å². The number of anilines is 2. The Morgan fingerprint density at radius 2 is 1.61 bits per heavy atom. The van der Waals surface area contributed by atoms with Crippen molar-refractivity contribution < 1.29 is 13.2 Å². The van der Waals surface area contributed by atoms with Gasteiger partial charge in [-0.2, -0.15) is 0 Å². The number of benzene rings is 2. The maximum Gasteiger partial charge on any atom is 0.228 e. The van der Waals surface area contributed by atoms with Gasteiger partial charge in [-0.3, -0.25) is 4.79 Å². The molecule has 2 aliphatic heterocycles. The number of halogens is 2. The molecule has 1 unspecified atom stereocenters. The lowest BCUT2D eigenvalue weighted by Gasteiger charge is -2.31. The van der Waals surface area contributed by atoms with Crippen LogP contribution in [-0.2, 0) is 20.6 Å². The van der Waals surface area contributed by atoms with Gasteiger partial charge in [0, 0.05) is 53.2 Å². The zero-order valence-corrected chi connectivity index (χ0v) is 20.8. The molecule has 2 saturated heterocycles. The Morgan fingerprint density at radius 1 is 0.939 bits per heavy atom. The third-order valence-electron chi connectivity index (χ3n) is 6.39. The first-order valence-electron chi connectivity index (χ1n) is 11.4. The van der Waals surface area contributed by atoms with Gasteiger partial charge in [0.1, 0.15) is 0 Å². The normalized spacial score (nSPS) is 19.9. The second-order valence-electron chi connectivity index (χ2n) is 8.74. The second-order valence-corrected chi connectivity index (χ2v) is 11.5. The molecule has 0 radical (unpaired) electrons. The molecule has 33 heavy (non-hydrogen) atoms. The van der Waals surface area contributed by atoms with Gasteiger partial charge >= 0.3 is 0 Å². The Hall–Kier alpha value is -1.80. The maximum atomic E-state index is 13.0. The molecule has 2 aliphatic rings. The first-order valence-corrected chi connectivity index (χ1v) is 13.8. The highest BCUT2D eigenvalue weighted by molar-refractivity contribution is 7.88. The predicted octanol–water partition coefficient (Wildman–Crippen LogP) is 5.16. The quantitative estimate of drug-likeness (QED) is 0.583. The number of carbonyl (C=O) groups excluding carboxylic acids is 1. The van der Waals surface area contributed by atoms with E-state index < -0.39 is 15.9 Å². The van der Waals surface area contributed by atoms with Crippen molar-refractivity contribution in [3.63, 3.8) is 0 Å². The summed E-state index contributed by atoms with van der Waals surface area (Å²) in [6.45, 7) is 2.68. The minimum Gasteiger partial charge on any atom is -0.372 e. The molecule has 6 nitrogen and oxygen atoms in total. The summed E-state index contributed by atoms with van der Waals surface area (Å²) >= 11 is 12.3. The molecule has 1 N–H and O–H groups in total. The summed E-state index contributed by atoms with van der Waals surface area (Å²) in [6, 6.07) is 12.8. The summed E-state index contributed by atoms with van der Waals surface area (Å²) in [5.41, 5.74) is 2.28. The van der Waals surface area contributed by atoms with Crippen LogP contribution in [0, 0.1) is 5.92 Å². The Morgan fingerprint density at radius 3 is 2.27 bits per heavy atom. The molecule has 2 fully saturated rings. The molecule has 0 aliphatic carbocycles. The van der Waals surface area contributed by atoms with E-state index >= 15 is 0 Å². The predicted molar refractivity (Wildman–Crippen MR) is 135 cm³/mol. The van der Waals surface area contributed by atoms with Gasteiger partial charge in [-0.15, -0.1) is 0 Å². The van der Waals surface area contributed by atoms with Crippen LogP contribution >= 0.6 is 23.2 Å². The number of amides is 1. The van der Waals surface area contributed by atoms with E-state index in [1.807, 2.05) is 24.3 Å². The van der Waals surface area contributed by atoms with E-state index in [9.17, 15) is 13.2 Å². The fourth-order valence-corrected chi connectivity index (χ4v) is 6.87. The fourth-order valence-electron chi connectivity index (χ4n) is 4.51. The van der Waals surface area contributed by atoms with Crippen molar-refractivity contribution in [3.8, 4) is 0 Å².